The lowest BCUT2D eigenvalue weighted by molar-refractivity contribution is -0.385. The molecular weight excluding hydrogens is 260 g/mol. The SMILES string of the molecule is CCC(CC)N(CCO)c1ncc([N+](=O)[O-])cc1C#N. The lowest BCUT2D eigenvalue weighted by Crippen LogP contribution is -2.38. The quantitative estimate of drug-likeness (QED) is 0.603. The molecular formula is C13H18N4O3. The van der Waals surface area contributed by atoms with Gasteiger partial charge in [-0.1, -0.05) is 13.8 Å². The molecule has 0 aliphatic rings. The van der Waals surface area contributed by atoms with Gasteiger partial charge in [0.15, 0.2) is 0 Å². The molecule has 20 heavy (non-hydrogen) atoms. The number of aromatic nitrogens is 1. The Labute approximate surface area is 117 Å². The Morgan fingerprint density at radius 1 is 1.55 bits per heavy atom. The third-order valence-electron chi connectivity index (χ3n) is 3.18. The number of pyridine rings is 1. The number of nitro groups is 1. The molecule has 0 fully saturated rings. The number of nitriles is 1. The first-order chi connectivity index (χ1) is 9.58. The van der Waals surface area contributed by atoms with Crippen molar-refractivity contribution in [1.29, 1.82) is 5.26 Å². The summed E-state index contributed by atoms with van der Waals surface area (Å²) in [5.74, 6) is 0.390. The smallest absolute Gasteiger partial charge is 0.289 e. The zero-order chi connectivity index (χ0) is 15.1. The van der Waals surface area contributed by atoms with Crippen molar-refractivity contribution in [1.82, 2.24) is 4.98 Å². The van der Waals surface area contributed by atoms with E-state index in [1.54, 1.807) is 0 Å². The molecule has 108 valence electrons. The second kappa shape index (κ2) is 7.40. The van der Waals surface area contributed by atoms with Crippen LogP contribution in [0.2, 0.25) is 0 Å². The number of rotatable bonds is 7. The molecule has 0 unspecified atom stereocenters. The third-order valence-corrected chi connectivity index (χ3v) is 3.18. The highest BCUT2D eigenvalue weighted by atomic mass is 16.6. The molecule has 1 aromatic rings. The van der Waals surface area contributed by atoms with E-state index < -0.39 is 4.92 Å². The number of aliphatic hydroxyl groups excluding tert-OH is 1. The lowest BCUT2D eigenvalue weighted by Gasteiger charge is -2.31. The highest BCUT2D eigenvalue weighted by Crippen LogP contribution is 2.25. The predicted molar refractivity (Wildman–Crippen MR) is 74.4 cm³/mol. The van der Waals surface area contributed by atoms with E-state index in [-0.39, 0.29) is 23.9 Å². The first-order valence-electron chi connectivity index (χ1n) is 6.51. The molecule has 0 bridgehead atoms. The molecule has 0 spiro atoms. The van der Waals surface area contributed by atoms with Gasteiger partial charge in [0.05, 0.1) is 11.5 Å². The fraction of sp³-hybridized carbons (Fsp3) is 0.538. The van der Waals surface area contributed by atoms with Gasteiger partial charge >= 0.3 is 0 Å². The Morgan fingerprint density at radius 2 is 2.20 bits per heavy atom. The summed E-state index contributed by atoms with van der Waals surface area (Å²) in [5, 5.41) is 29.1. The third kappa shape index (κ3) is 3.42. The summed E-state index contributed by atoms with van der Waals surface area (Å²) in [4.78, 5) is 16.0. The molecule has 0 saturated carbocycles. The number of aliphatic hydroxyl groups is 1. The summed E-state index contributed by atoms with van der Waals surface area (Å²) in [7, 11) is 0. The molecule has 7 heteroatoms. The Balaban J connectivity index is 3.26. The monoisotopic (exact) mass is 278 g/mol. The largest absolute Gasteiger partial charge is 0.395 e. The minimum Gasteiger partial charge on any atom is -0.395 e. The van der Waals surface area contributed by atoms with Crippen LogP contribution in [0.3, 0.4) is 0 Å². The molecule has 1 N–H and O–H groups in total. The Hall–Kier alpha value is -2.20. The summed E-state index contributed by atoms with van der Waals surface area (Å²) in [6.07, 6.45) is 2.81. The van der Waals surface area contributed by atoms with E-state index in [1.807, 2.05) is 24.8 Å². The summed E-state index contributed by atoms with van der Waals surface area (Å²) >= 11 is 0. The van der Waals surface area contributed by atoms with Crippen LogP contribution in [0, 0.1) is 21.4 Å². The van der Waals surface area contributed by atoms with E-state index in [9.17, 15) is 15.2 Å². The van der Waals surface area contributed by atoms with Crippen LogP contribution in [-0.4, -0.2) is 34.2 Å². The fourth-order valence-electron chi connectivity index (χ4n) is 2.16. The van der Waals surface area contributed by atoms with Gasteiger partial charge in [-0.15, -0.1) is 0 Å². The standard InChI is InChI=1S/C13H18N4O3/c1-3-11(4-2)16(5-6-18)13-10(8-14)7-12(9-15-13)17(19)20/h7,9,11,18H,3-6H2,1-2H3. The molecule has 1 heterocycles. The van der Waals surface area contributed by atoms with Gasteiger partial charge in [0.1, 0.15) is 23.6 Å². The van der Waals surface area contributed by atoms with Crippen LogP contribution in [0.5, 0.6) is 0 Å². The highest BCUT2D eigenvalue weighted by molar-refractivity contribution is 5.57. The van der Waals surface area contributed by atoms with Gasteiger partial charge in [-0.2, -0.15) is 5.26 Å². The maximum atomic E-state index is 10.7. The Bertz CT molecular complexity index is 509. The van der Waals surface area contributed by atoms with Crippen molar-refractivity contribution in [3.63, 3.8) is 0 Å². The predicted octanol–water partition coefficient (Wildman–Crippen LogP) is 1.85. The fourth-order valence-corrected chi connectivity index (χ4v) is 2.16. The Morgan fingerprint density at radius 3 is 2.65 bits per heavy atom. The van der Waals surface area contributed by atoms with E-state index in [0.29, 0.717) is 12.4 Å². The summed E-state index contributed by atoms with van der Waals surface area (Å²) in [6, 6.07) is 3.29. The van der Waals surface area contributed by atoms with E-state index in [1.165, 1.54) is 6.07 Å². The minimum absolute atomic E-state index is 0.0694. The van der Waals surface area contributed by atoms with Crippen LogP contribution in [-0.2, 0) is 0 Å². The average Bonchev–Trinajstić information content (AvgIpc) is 2.46. The van der Waals surface area contributed by atoms with Crippen molar-refractivity contribution in [3.05, 3.63) is 27.9 Å². The lowest BCUT2D eigenvalue weighted by atomic mass is 10.1. The van der Waals surface area contributed by atoms with Gasteiger partial charge in [-0.25, -0.2) is 4.98 Å². The van der Waals surface area contributed by atoms with Crippen molar-refractivity contribution in [2.45, 2.75) is 32.7 Å². The molecule has 0 amide bonds. The number of anilines is 1. The number of hydrogen-bond donors (Lipinski definition) is 1. The molecule has 0 saturated heterocycles. The van der Waals surface area contributed by atoms with Crippen LogP contribution in [0.4, 0.5) is 11.5 Å². The first-order valence-corrected chi connectivity index (χ1v) is 6.51. The van der Waals surface area contributed by atoms with Crippen molar-refractivity contribution in [2.75, 3.05) is 18.1 Å². The van der Waals surface area contributed by atoms with Crippen molar-refractivity contribution in [3.8, 4) is 6.07 Å². The van der Waals surface area contributed by atoms with Gasteiger partial charge in [-0.3, -0.25) is 10.1 Å². The maximum Gasteiger partial charge on any atom is 0.289 e. The van der Waals surface area contributed by atoms with Gasteiger partial charge in [0, 0.05) is 18.7 Å². The first kappa shape index (κ1) is 15.9. The molecule has 7 nitrogen and oxygen atoms in total. The van der Waals surface area contributed by atoms with Crippen LogP contribution in [0.15, 0.2) is 12.3 Å². The normalized spacial score (nSPS) is 10.3. The van der Waals surface area contributed by atoms with Crippen LogP contribution in [0.1, 0.15) is 32.3 Å². The second-order valence-corrected chi connectivity index (χ2v) is 4.32. The molecule has 0 radical (unpaired) electrons. The highest BCUT2D eigenvalue weighted by Gasteiger charge is 2.21. The number of nitrogens with zero attached hydrogens (tertiary/aromatic N) is 4. The molecule has 0 atom stereocenters. The van der Waals surface area contributed by atoms with Crippen LogP contribution < -0.4 is 4.90 Å². The van der Waals surface area contributed by atoms with Crippen LogP contribution >= 0.6 is 0 Å². The molecule has 1 rings (SSSR count). The van der Waals surface area contributed by atoms with Crippen molar-refractivity contribution < 1.29 is 10.0 Å². The maximum absolute atomic E-state index is 10.7. The zero-order valence-corrected chi connectivity index (χ0v) is 11.6. The van der Waals surface area contributed by atoms with Gasteiger partial charge in [-0.05, 0) is 12.8 Å². The van der Waals surface area contributed by atoms with E-state index in [2.05, 4.69) is 4.98 Å². The van der Waals surface area contributed by atoms with E-state index in [4.69, 9.17) is 5.26 Å². The van der Waals surface area contributed by atoms with Crippen molar-refractivity contribution >= 4 is 11.5 Å². The van der Waals surface area contributed by atoms with Gasteiger partial charge in [0.2, 0.25) is 0 Å². The average molecular weight is 278 g/mol. The zero-order valence-electron chi connectivity index (χ0n) is 11.6. The van der Waals surface area contributed by atoms with Gasteiger partial charge in [0.25, 0.3) is 5.69 Å². The van der Waals surface area contributed by atoms with E-state index >= 15 is 0 Å². The van der Waals surface area contributed by atoms with Gasteiger partial charge < -0.3 is 10.0 Å². The molecule has 1 aromatic heterocycles. The molecule has 0 aliphatic heterocycles. The minimum atomic E-state index is -0.578. The Kier molecular flexibility index (Phi) is 5.87. The molecule has 0 aromatic carbocycles. The topological polar surface area (TPSA) is 103 Å². The number of hydrogen-bond acceptors (Lipinski definition) is 6. The summed E-state index contributed by atoms with van der Waals surface area (Å²) in [5.41, 5.74) is -0.0571. The molecule has 0 aliphatic carbocycles. The second-order valence-electron chi connectivity index (χ2n) is 4.32. The summed E-state index contributed by atoms with van der Waals surface area (Å²) < 4.78 is 0. The summed E-state index contributed by atoms with van der Waals surface area (Å²) in [6.45, 7) is 4.29. The van der Waals surface area contributed by atoms with E-state index in [0.717, 1.165) is 19.0 Å². The van der Waals surface area contributed by atoms with Crippen molar-refractivity contribution in [2.24, 2.45) is 0 Å². The van der Waals surface area contributed by atoms with Crippen LogP contribution in [0.25, 0.3) is 0 Å².